The van der Waals surface area contributed by atoms with Gasteiger partial charge >= 0.3 is 0 Å². The minimum absolute atomic E-state index is 0.150. The Morgan fingerprint density at radius 1 is 1.07 bits per heavy atom. The van der Waals surface area contributed by atoms with Crippen molar-refractivity contribution in [3.05, 3.63) is 76.5 Å². The van der Waals surface area contributed by atoms with Gasteiger partial charge in [0.2, 0.25) is 0 Å². The van der Waals surface area contributed by atoms with Crippen LogP contribution in [-0.4, -0.2) is 30.1 Å². The molecule has 0 aliphatic carbocycles. The molecule has 0 aliphatic heterocycles. The zero-order valence-electron chi connectivity index (χ0n) is 16.3. The second-order valence-corrected chi connectivity index (χ2v) is 8.30. The minimum atomic E-state index is -0.150. The monoisotopic (exact) mass is 483 g/mol. The van der Waals surface area contributed by atoms with E-state index in [9.17, 15) is 4.79 Å². The second kappa shape index (κ2) is 8.81. The number of carbonyl (C=O) groups is 1. The molecule has 0 saturated carbocycles. The number of methoxy groups -OCH3 is 2. The molecule has 6 nitrogen and oxygen atoms in total. The number of hydrogen-bond acceptors (Lipinski definition) is 6. The first-order chi connectivity index (χ1) is 14.6. The average Bonchev–Trinajstić information content (AvgIpc) is 3.23. The summed E-state index contributed by atoms with van der Waals surface area (Å²) in [5.74, 6) is 1.17. The van der Waals surface area contributed by atoms with Gasteiger partial charge in [-0.1, -0.05) is 33.3 Å². The van der Waals surface area contributed by atoms with Gasteiger partial charge in [0.25, 0.3) is 5.91 Å². The van der Waals surface area contributed by atoms with E-state index in [-0.39, 0.29) is 5.91 Å². The molecule has 0 fully saturated rings. The van der Waals surface area contributed by atoms with Crippen LogP contribution in [-0.2, 0) is 6.54 Å². The highest BCUT2D eigenvalue weighted by Crippen LogP contribution is 2.40. The van der Waals surface area contributed by atoms with E-state index >= 15 is 0 Å². The van der Waals surface area contributed by atoms with E-state index in [1.807, 2.05) is 36.4 Å². The van der Waals surface area contributed by atoms with Crippen LogP contribution in [0.2, 0.25) is 0 Å². The van der Waals surface area contributed by atoms with Crippen LogP contribution in [0.15, 0.2) is 65.4 Å². The Balaban J connectivity index is 1.82. The molecule has 0 radical (unpaired) electrons. The molecule has 0 saturated heterocycles. The molecule has 0 unspecified atom stereocenters. The number of thiazole rings is 1. The summed E-state index contributed by atoms with van der Waals surface area (Å²) < 4.78 is 12.7. The summed E-state index contributed by atoms with van der Waals surface area (Å²) in [6, 6.07) is 14.7. The highest BCUT2D eigenvalue weighted by molar-refractivity contribution is 9.10. The third kappa shape index (κ3) is 4.01. The van der Waals surface area contributed by atoms with Gasteiger partial charge in [-0.2, -0.15) is 0 Å². The topological polar surface area (TPSA) is 64.6 Å². The van der Waals surface area contributed by atoms with Gasteiger partial charge < -0.3 is 9.47 Å². The maximum atomic E-state index is 13.4. The van der Waals surface area contributed by atoms with Crippen molar-refractivity contribution in [1.29, 1.82) is 0 Å². The van der Waals surface area contributed by atoms with Crippen LogP contribution in [0.1, 0.15) is 15.9 Å². The number of hydrogen-bond donors (Lipinski definition) is 0. The number of amides is 1. The van der Waals surface area contributed by atoms with Crippen molar-refractivity contribution in [3.63, 3.8) is 0 Å². The molecule has 8 heteroatoms. The number of anilines is 1. The number of halogens is 1. The quantitative estimate of drug-likeness (QED) is 0.371. The lowest BCUT2D eigenvalue weighted by Crippen LogP contribution is -2.30. The van der Waals surface area contributed by atoms with Gasteiger partial charge in [-0.25, -0.2) is 4.98 Å². The predicted octanol–water partition coefficient (Wildman–Crippen LogP) is 5.32. The highest BCUT2D eigenvalue weighted by atomic mass is 79.9. The summed E-state index contributed by atoms with van der Waals surface area (Å²) in [7, 11) is 3.21. The SMILES string of the molecule is COc1ccc(OC)c2sc(N(Cc3cccnc3)C(=O)c3ccc(Br)cc3)nc12. The largest absolute Gasteiger partial charge is 0.495 e. The molecule has 4 aromatic rings. The van der Waals surface area contributed by atoms with Crippen molar-refractivity contribution >= 4 is 48.5 Å². The summed E-state index contributed by atoms with van der Waals surface area (Å²) in [5, 5.41) is 0.560. The first-order valence-electron chi connectivity index (χ1n) is 9.08. The number of carbonyl (C=O) groups excluding carboxylic acids is 1. The molecule has 2 aromatic carbocycles. The number of aromatic nitrogens is 2. The molecule has 4 rings (SSSR count). The fraction of sp³-hybridized carbons (Fsp3) is 0.136. The molecule has 0 aliphatic rings. The molecular formula is C22H18BrN3O3S. The molecule has 0 bridgehead atoms. The summed E-state index contributed by atoms with van der Waals surface area (Å²) in [4.78, 5) is 24.0. The van der Waals surface area contributed by atoms with Crippen molar-refractivity contribution in [2.45, 2.75) is 6.54 Å². The molecule has 30 heavy (non-hydrogen) atoms. The van der Waals surface area contributed by atoms with Gasteiger partial charge in [-0.05, 0) is 48.0 Å². The van der Waals surface area contributed by atoms with Crippen LogP contribution in [0.5, 0.6) is 11.5 Å². The lowest BCUT2D eigenvalue weighted by Gasteiger charge is -2.20. The minimum Gasteiger partial charge on any atom is -0.495 e. The Morgan fingerprint density at radius 2 is 1.80 bits per heavy atom. The van der Waals surface area contributed by atoms with Gasteiger partial charge in [-0.15, -0.1) is 0 Å². The van der Waals surface area contributed by atoms with Crippen molar-refractivity contribution < 1.29 is 14.3 Å². The van der Waals surface area contributed by atoms with Gasteiger partial charge in [-0.3, -0.25) is 14.7 Å². The molecular weight excluding hydrogens is 466 g/mol. The maximum absolute atomic E-state index is 13.4. The fourth-order valence-electron chi connectivity index (χ4n) is 3.04. The first-order valence-corrected chi connectivity index (χ1v) is 10.7. The Kier molecular flexibility index (Phi) is 5.96. The summed E-state index contributed by atoms with van der Waals surface area (Å²) in [6.45, 7) is 0.340. The van der Waals surface area contributed by atoms with E-state index < -0.39 is 0 Å². The Labute approximate surface area is 186 Å². The van der Waals surface area contributed by atoms with Crippen LogP contribution < -0.4 is 14.4 Å². The van der Waals surface area contributed by atoms with Crippen LogP contribution in [0.3, 0.4) is 0 Å². The van der Waals surface area contributed by atoms with Crippen LogP contribution >= 0.6 is 27.3 Å². The molecule has 0 spiro atoms. The Morgan fingerprint density at radius 3 is 2.47 bits per heavy atom. The molecule has 0 N–H and O–H groups in total. The summed E-state index contributed by atoms with van der Waals surface area (Å²) in [6.07, 6.45) is 3.45. The number of ether oxygens (including phenoxy) is 2. The third-order valence-electron chi connectivity index (χ3n) is 4.53. The molecule has 2 heterocycles. The third-order valence-corrected chi connectivity index (χ3v) is 6.15. The van der Waals surface area contributed by atoms with Crippen molar-refractivity contribution in [2.75, 3.05) is 19.1 Å². The van der Waals surface area contributed by atoms with E-state index in [0.717, 1.165) is 14.7 Å². The second-order valence-electron chi connectivity index (χ2n) is 6.40. The lowest BCUT2D eigenvalue weighted by molar-refractivity contribution is 0.0985. The molecule has 1 amide bonds. The number of rotatable bonds is 6. The van der Waals surface area contributed by atoms with E-state index in [1.54, 1.807) is 43.6 Å². The maximum Gasteiger partial charge on any atom is 0.260 e. The van der Waals surface area contributed by atoms with Crippen molar-refractivity contribution in [1.82, 2.24) is 9.97 Å². The van der Waals surface area contributed by atoms with Crippen LogP contribution in [0, 0.1) is 0 Å². The van der Waals surface area contributed by atoms with E-state index in [1.165, 1.54) is 11.3 Å². The number of pyridine rings is 1. The van der Waals surface area contributed by atoms with E-state index in [4.69, 9.17) is 14.5 Å². The van der Waals surface area contributed by atoms with Gasteiger partial charge in [0.05, 0.1) is 20.8 Å². The molecule has 0 atom stereocenters. The Bertz CT molecular complexity index is 1140. The van der Waals surface area contributed by atoms with Crippen LogP contribution in [0.4, 0.5) is 5.13 Å². The lowest BCUT2D eigenvalue weighted by atomic mass is 10.2. The summed E-state index contributed by atoms with van der Waals surface area (Å²) >= 11 is 4.80. The normalized spacial score (nSPS) is 10.8. The highest BCUT2D eigenvalue weighted by Gasteiger charge is 2.24. The van der Waals surface area contributed by atoms with Gasteiger partial charge in [0.15, 0.2) is 5.13 Å². The van der Waals surface area contributed by atoms with E-state index in [0.29, 0.717) is 34.3 Å². The summed E-state index contributed by atoms with van der Waals surface area (Å²) in [5.41, 5.74) is 2.14. The van der Waals surface area contributed by atoms with Crippen molar-refractivity contribution in [2.24, 2.45) is 0 Å². The number of benzene rings is 2. The molecule has 152 valence electrons. The Hall–Kier alpha value is -2.97. The van der Waals surface area contributed by atoms with Gasteiger partial charge in [0.1, 0.15) is 21.7 Å². The average molecular weight is 484 g/mol. The fourth-order valence-corrected chi connectivity index (χ4v) is 4.37. The van der Waals surface area contributed by atoms with Gasteiger partial charge in [0, 0.05) is 22.4 Å². The zero-order chi connectivity index (χ0) is 21.1. The first kappa shape index (κ1) is 20.3. The van der Waals surface area contributed by atoms with Crippen molar-refractivity contribution in [3.8, 4) is 11.5 Å². The number of fused-ring (bicyclic) bond motifs is 1. The predicted molar refractivity (Wildman–Crippen MR) is 122 cm³/mol. The van der Waals surface area contributed by atoms with E-state index in [2.05, 4.69) is 20.9 Å². The molecule has 2 aromatic heterocycles. The zero-order valence-corrected chi connectivity index (χ0v) is 18.7. The number of nitrogens with zero attached hydrogens (tertiary/aromatic N) is 3. The standard InChI is InChI=1S/C22H18BrN3O3S/c1-28-17-9-10-18(29-2)20-19(17)25-22(30-20)26(13-14-4-3-11-24-12-14)21(27)15-5-7-16(23)8-6-15/h3-12H,13H2,1-2H3. The smallest absolute Gasteiger partial charge is 0.260 e. The van der Waals surface area contributed by atoms with Crippen LogP contribution in [0.25, 0.3) is 10.2 Å².